The molecular formula is C10H9F4N3. The zero-order chi connectivity index (χ0) is 12.8. The molecule has 2 rings (SSSR count). The Kier molecular flexibility index (Phi) is 2.56. The Morgan fingerprint density at radius 3 is 2.41 bits per heavy atom. The molecule has 0 aliphatic heterocycles. The molecular weight excluding hydrogens is 238 g/mol. The molecule has 0 fully saturated rings. The standard InChI is InChI=1S/C10H9F4N3/c1-5(2)7-4-3-6(11)8-15-9(10(12,13)14)16-17(7)8/h3-5H,1-2H3. The summed E-state index contributed by atoms with van der Waals surface area (Å²) < 4.78 is 51.5. The Hall–Kier alpha value is -1.66. The van der Waals surface area contributed by atoms with Crippen LogP contribution in [-0.4, -0.2) is 14.6 Å². The summed E-state index contributed by atoms with van der Waals surface area (Å²) in [6.45, 7) is 3.56. The summed E-state index contributed by atoms with van der Waals surface area (Å²) in [5.74, 6) is -2.23. The van der Waals surface area contributed by atoms with Crippen molar-refractivity contribution in [3.8, 4) is 0 Å². The Morgan fingerprint density at radius 2 is 1.88 bits per heavy atom. The van der Waals surface area contributed by atoms with Gasteiger partial charge in [0.1, 0.15) is 0 Å². The molecule has 0 aliphatic carbocycles. The average molecular weight is 247 g/mol. The molecule has 0 aliphatic rings. The van der Waals surface area contributed by atoms with Gasteiger partial charge in [-0.15, -0.1) is 5.10 Å². The number of aromatic nitrogens is 3. The molecule has 0 aromatic carbocycles. The number of alkyl halides is 3. The first-order valence-electron chi connectivity index (χ1n) is 4.93. The summed E-state index contributed by atoms with van der Waals surface area (Å²) in [7, 11) is 0. The molecule has 2 aromatic heterocycles. The third-order valence-electron chi connectivity index (χ3n) is 2.31. The van der Waals surface area contributed by atoms with E-state index >= 15 is 0 Å². The van der Waals surface area contributed by atoms with Gasteiger partial charge in [-0.25, -0.2) is 13.9 Å². The van der Waals surface area contributed by atoms with Gasteiger partial charge in [0.05, 0.1) is 0 Å². The third kappa shape index (κ3) is 1.96. The van der Waals surface area contributed by atoms with E-state index in [4.69, 9.17) is 0 Å². The molecule has 17 heavy (non-hydrogen) atoms. The maximum Gasteiger partial charge on any atom is 0.453 e. The second-order valence-electron chi connectivity index (χ2n) is 3.93. The molecule has 0 unspecified atom stereocenters. The summed E-state index contributed by atoms with van der Waals surface area (Å²) in [6, 6.07) is 2.50. The van der Waals surface area contributed by atoms with Crippen LogP contribution in [0.5, 0.6) is 0 Å². The van der Waals surface area contributed by atoms with Crippen molar-refractivity contribution in [2.24, 2.45) is 0 Å². The fourth-order valence-electron chi connectivity index (χ4n) is 1.51. The van der Waals surface area contributed by atoms with Crippen LogP contribution >= 0.6 is 0 Å². The topological polar surface area (TPSA) is 30.2 Å². The van der Waals surface area contributed by atoms with Gasteiger partial charge in [-0.05, 0) is 18.1 Å². The molecule has 0 N–H and O–H groups in total. The highest BCUT2D eigenvalue weighted by Gasteiger charge is 2.37. The van der Waals surface area contributed by atoms with Gasteiger partial charge in [0, 0.05) is 5.69 Å². The first-order valence-corrected chi connectivity index (χ1v) is 4.93. The summed E-state index contributed by atoms with van der Waals surface area (Å²) in [4.78, 5) is 3.18. The fraction of sp³-hybridized carbons (Fsp3) is 0.400. The minimum absolute atomic E-state index is 0.0825. The number of nitrogens with zero attached hydrogens (tertiary/aromatic N) is 3. The Labute approximate surface area is 94.1 Å². The van der Waals surface area contributed by atoms with E-state index in [1.807, 2.05) is 0 Å². The SMILES string of the molecule is CC(C)c1ccc(F)c2nc(C(F)(F)F)nn12. The third-order valence-corrected chi connectivity index (χ3v) is 2.31. The predicted octanol–water partition coefficient (Wildman–Crippen LogP) is 3.01. The van der Waals surface area contributed by atoms with Gasteiger partial charge < -0.3 is 0 Å². The fourth-order valence-corrected chi connectivity index (χ4v) is 1.51. The highest BCUT2D eigenvalue weighted by atomic mass is 19.4. The van der Waals surface area contributed by atoms with Gasteiger partial charge >= 0.3 is 6.18 Å². The van der Waals surface area contributed by atoms with E-state index in [0.29, 0.717) is 5.69 Å². The first-order chi connectivity index (χ1) is 7.80. The van der Waals surface area contributed by atoms with Gasteiger partial charge in [0.25, 0.3) is 5.82 Å². The van der Waals surface area contributed by atoms with Gasteiger partial charge in [-0.1, -0.05) is 13.8 Å². The molecule has 0 spiro atoms. The maximum absolute atomic E-state index is 13.3. The quantitative estimate of drug-likeness (QED) is 0.725. The number of pyridine rings is 1. The van der Waals surface area contributed by atoms with Gasteiger partial charge in [0.2, 0.25) is 0 Å². The Balaban J connectivity index is 2.74. The van der Waals surface area contributed by atoms with Crippen LogP contribution in [0.4, 0.5) is 17.6 Å². The van der Waals surface area contributed by atoms with Crippen LogP contribution in [-0.2, 0) is 6.18 Å². The van der Waals surface area contributed by atoms with Crippen molar-refractivity contribution in [1.82, 2.24) is 14.6 Å². The summed E-state index contributed by atoms with van der Waals surface area (Å²) in [6.07, 6.45) is -4.67. The largest absolute Gasteiger partial charge is 0.453 e. The van der Waals surface area contributed by atoms with Crippen molar-refractivity contribution in [2.45, 2.75) is 25.9 Å². The normalized spacial score (nSPS) is 12.6. The minimum atomic E-state index is -4.67. The lowest BCUT2D eigenvalue weighted by molar-refractivity contribution is -0.144. The summed E-state index contributed by atoms with van der Waals surface area (Å²) in [5, 5.41) is 3.31. The molecule has 92 valence electrons. The Morgan fingerprint density at radius 1 is 1.24 bits per heavy atom. The predicted molar refractivity (Wildman–Crippen MR) is 52.0 cm³/mol. The van der Waals surface area contributed by atoms with Crippen LogP contribution < -0.4 is 0 Å². The summed E-state index contributed by atoms with van der Waals surface area (Å²) in [5.41, 5.74) is 0.0768. The van der Waals surface area contributed by atoms with E-state index in [2.05, 4.69) is 10.1 Å². The van der Waals surface area contributed by atoms with E-state index < -0.39 is 23.5 Å². The lowest BCUT2D eigenvalue weighted by atomic mass is 10.1. The second kappa shape index (κ2) is 3.68. The van der Waals surface area contributed by atoms with Crippen LogP contribution in [0, 0.1) is 5.82 Å². The van der Waals surface area contributed by atoms with E-state index in [-0.39, 0.29) is 5.92 Å². The zero-order valence-corrected chi connectivity index (χ0v) is 9.09. The molecule has 2 aromatic rings. The van der Waals surface area contributed by atoms with E-state index in [0.717, 1.165) is 10.6 Å². The molecule has 0 amide bonds. The van der Waals surface area contributed by atoms with Crippen molar-refractivity contribution < 1.29 is 17.6 Å². The van der Waals surface area contributed by atoms with Crippen molar-refractivity contribution in [1.29, 1.82) is 0 Å². The average Bonchev–Trinajstić information content (AvgIpc) is 2.62. The number of hydrogen-bond acceptors (Lipinski definition) is 2. The number of halogens is 4. The highest BCUT2D eigenvalue weighted by molar-refractivity contribution is 5.41. The molecule has 0 radical (unpaired) electrons. The number of hydrogen-bond donors (Lipinski definition) is 0. The van der Waals surface area contributed by atoms with Crippen LogP contribution in [0.25, 0.3) is 5.65 Å². The monoisotopic (exact) mass is 247 g/mol. The van der Waals surface area contributed by atoms with E-state index in [1.54, 1.807) is 13.8 Å². The highest BCUT2D eigenvalue weighted by Crippen LogP contribution is 2.28. The maximum atomic E-state index is 13.3. The smallest absolute Gasteiger partial charge is 0.214 e. The number of fused-ring (bicyclic) bond motifs is 1. The lowest BCUT2D eigenvalue weighted by Gasteiger charge is -2.07. The molecule has 0 atom stereocenters. The minimum Gasteiger partial charge on any atom is -0.214 e. The Bertz CT molecular complexity index is 556. The van der Waals surface area contributed by atoms with Gasteiger partial charge in [-0.2, -0.15) is 13.2 Å². The van der Waals surface area contributed by atoms with Gasteiger partial charge in [-0.3, -0.25) is 0 Å². The van der Waals surface area contributed by atoms with Crippen LogP contribution in [0.15, 0.2) is 12.1 Å². The summed E-state index contributed by atoms with van der Waals surface area (Å²) >= 11 is 0. The van der Waals surface area contributed by atoms with Crippen molar-refractivity contribution in [3.05, 3.63) is 29.5 Å². The second-order valence-corrected chi connectivity index (χ2v) is 3.93. The molecule has 2 heterocycles. The van der Waals surface area contributed by atoms with Gasteiger partial charge in [0.15, 0.2) is 11.5 Å². The molecule has 0 saturated carbocycles. The molecule has 7 heteroatoms. The van der Waals surface area contributed by atoms with E-state index in [1.165, 1.54) is 6.07 Å². The molecule has 3 nitrogen and oxygen atoms in total. The van der Waals surface area contributed by atoms with Crippen molar-refractivity contribution in [2.75, 3.05) is 0 Å². The molecule has 0 saturated heterocycles. The van der Waals surface area contributed by atoms with Crippen LogP contribution in [0.3, 0.4) is 0 Å². The van der Waals surface area contributed by atoms with Crippen molar-refractivity contribution in [3.63, 3.8) is 0 Å². The van der Waals surface area contributed by atoms with Crippen molar-refractivity contribution >= 4 is 5.65 Å². The lowest BCUT2D eigenvalue weighted by Crippen LogP contribution is -2.08. The number of rotatable bonds is 1. The van der Waals surface area contributed by atoms with Crippen LogP contribution in [0.2, 0.25) is 0 Å². The zero-order valence-electron chi connectivity index (χ0n) is 9.09. The first kappa shape index (κ1) is 11.8. The molecule has 0 bridgehead atoms. The van der Waals surface area contributed by atoms with E-state index in [9.17, 15) is 17.6 Å². The van der Waals surface area contributed by atoms with Crippen LogP contribution in [0.1, 0.15) is 31.3 Å².